The Morgan fingerprint density at radius 2 is 1.95 bits per heavy atom. The van der Waals surface area contributed by atoms with Crippen molar-refractivity contribution in [1.82, 2.24) is 34.4 Å². The van der Waals surface area contributed by atoms with E-state index in [1.807, 2.05) is 30.0 Å². The number of anilines is 1. The molecule has 0 atom stereocenters. The van der Waals surface area contributed by atoms with E-state index in [1.54, 1.807) is 18.7 Å². The van der Waals surface area contributed by atoms with E-state index in [9.17, 15) is 0 Å². The number of aryl methyl sites for hydroxylation is 1. The van der Waals surface area contributed by atoms with Gasteiger partial charge >= 0.3 is 0 Å². The van der Waals surface area contributed by atoms with Gasteiger partial charge in [-0.15, -0.1) is 0 Å². The average Bonchev–Trinajstić information content (AvgIpc) is 3.74. The van der Waals surface area contributed by atoms with Crippen molar-refractivity contribution in [3.05, 3.63) is 84.6 Å². The number of nitrogens with zero attached hydrogens (tertiary/aromatic N) is 6. The molecule has 6 heterocycles. The predicted octanol–water partition coefficient (Wildman–Crippen LogP) is 4.85. The van der Waals surface area contributed by atoms with Crippen LogP contribution < -0.4 is 10.1 Å². The van der Waals surface area contributed by atoms with Crippen molar-refractivity contribution in [2.24, 2.45) is 0 Å². The summed E-state index contributed by atoms with van der Waals surface area (Å²) < 4.78 is 7.98. The van der Waals surface area contributed by atoms with Crippen molar-refractivity contribution in [3.8, 4) is 22.7 Å². The summed E-state index contributed by atoms with van der Waals surface area (Å²) in [4.78, 5) is 24.4. The number of likely N-dealkylation sites (tertiary alicyclic amines) is 1. The lowest BCUT2D eigenvalue weighted by molar-refractivity contribution is 0.237. The van der Waals surface area contributed by atoms with E-state index in [4.69, 9.17) is 9.72 Å². The van der Waals surface area contributed by atoms with Crippen molar-refractivity contribution in [2.45, 2.75) is 19.8 Å². The van der Waals surface area contributed by atoms with E-state index in [0.29, 0.717) is 6.61 Å². The molecule has 4 aromatic heterocycles. The first-order valence-electron chi connectivity index (χ1n) is 13.5. The van der Waals surface area contributed by atoms with E-state index in [1.165, 1.54) is 25.9 Å². The van der Waals surface area contributed by atoms with Crippen molar-refractivity contribution < 1.29 is 4.74 Å². The van der Waals surface area contributed by atoms with E-state index >= 15 is 0 Å². The Kier molecular flexibility index (Phi) is 6.05. The third-order valence-corrected chi connectivity index (χ3v) is 7.42. The summed E-state index contributed by atoms with van der Waals surface area (Å²) in [6.45, 7) is 6.67. The molecule has 0 amide bonds. The lowest BCUT2D eigenvalue weighted by atomic mass is 9.95. The van der Waals surface area contributed by atoms with Crippen molar-refractivity contribution in [3.63, 3.8) is 0 Å². The smallest absolute Gasteiger partial charge is 0.166 e. The first-order valence-corrected chi connectivity index (χ1v) is 13.5. The molecule has 1 saturated heterocycles. The molecule has 9 heteroatoms. The number of nitrogens with one attached hydrogen (secondary N) is 2. The van der Waals surface area contributed by atoms with E-state index in [2.05, 4.69) is 60.5 Å². The van der Waals surface area contributed by atoms with Gasteiger partial charge in [0.25, 0.3) is 0 Å². The number of imidazole rings is 2. The fourth-order valence-electron chi connectivity index (χ4n) is 5.43. The SMILES string of the molecule is Cc1cn(-c2nccc3[nH]c(C4=CCNc5ccc(-c6cncc(OCCN7CCCC7)c6)cc54)nc23)cn1. The van der Waals surface area contributed by atoms with Crippen LogP contribution in [-0.4, -0.2) is 67.2 Å². The molecule has 1 fully saturated rings. The number of H-pyrrole nitrogens is 1. The normalized spacial score (nSPS) is 15.3. The van der Waals surface area contributed by atoms with Crippen LogP contribution in [0, 0.1) is 6.92 Å². The molecule has 39 heavy (non-hydrogen) atoms. The molecule has 0 unspecified atom stereocenters. The molecule has 5 aromatic rings. The lowest BCUT2D eigenvalue weighted by Gasteiger charge is -2.19. The topological polar surface area (TPSA) is 96.8 Å². The van der Waals surface area contributed by atoms with Crippen LogP contribution in [0.4, 0.5) is 5.69 Å². The Morgan fingerprint density at radius 3 is 2.82 bits per heavy atom. The lowest BCUT2D eigenvalue weighted by Crippen LogP contribution is -2.25. The van der Waals surface area contributed by atoms with Gasteiger partial charge in [0.05, 0.1) is 17.4 Å². The average molecular weight is 519 g/mol. The number of aromatic nitrogens is 6. The van der Waals surface area contributed by atoms with E-state index in [-0.39, 0.29) is 0 Å². The van der Waals surface area contributed by atoms with E-state index < -0.39 is 0 Å². The van der Waals surface area contributed by atoms with Crippen LogP contribution in [0.3, 0.4) is 0 Å². The van der Waals surface area contributed by atoms with Crippen molar-refractivity contribution >= 4 is 22.3 Å². The number of aromatic amines is 1. The Balaban J connectivity index is 1.18. The number of ether oxygens (including phenoxy) is 1. The molecular weight excluding hydrogens is 488 g/mol. The number of fused-ring (bicyclic) bond motifs is 2. The van der Waals surface area contributed by atoms with Crippen LogP contribution in [0.25, 0.3) is 33.6 Å². The zero-order chi connectivity index (χ0) is 26.2. The van der Waals surface area contributed by atoms with Crippen LogP contribution in [0.15, 0.2) is 67.5 Å². The van der Waals surface area contributed by atoms with Crippen LogP contribution in [0.5, 0.6) is 5.75 Å². The zero-order valence-corrected chi connectivity index (χ0v) is 21.9. The minimum absolute atomic E-state index is 0.674. The highest BCUT2D eigenvalue weighted by atomic mass is 16.5. The largest absolute Gasteiger partial charge is 0.491 e. The second-order valence-electron chi connectivity index (χ2n) is 10.1. The Morgan fingerprint density at radius 1 is 1.03 bits per heavy atom. The van der Waals surface area contributed by atoms with E-state index in [0.717, 1.165) is 75.2 Å². The standard InChI is InChI=1S/C30H30N8O/c1-20-18-38(19-34-20)30-28-27(7-9-33-30)35-29(36-28)24-6-8-32-26-5-4-21(15-25(24)26)22-14-23(17-31-16-22)39-13-12-37-10-2-3-11-37/h4-7,9,14-19,32H,2-3,8,10-13H2,1H3,(H,35,36). The highest BCUT2D eigenvalue weighted by molar-refractivity contribution is 5.92. The number of hydrogen-bond acceptors (Lipinski definition) is 7. The van der Waals surface area contributed by atoms with Gasteiger partial charge in [0, 0.05) is 54.1 Å². The fraction of sp³-hybridized carbons (Fsp3) is 0.267. The minimum Gasteiger partial charge on any atom is -0.491 e. The Labute approximate surface area is 226 Å². The Bertz CT molecular complexity index is 1680. The summed E-state index contributed by atoms with van der Waals surface area (Å²) in [5.41, 5.74) is 7.99. The molecule has 2 aliphatic rings. The van der Waals surface area contributed by atoms with Crippen LogP contribution >= 0.6 is 0 Å². The second kappa shape index (κ2) is 9.99. The van der Waals surface area contributed by atoms with Gasteiger partial charge in [-0.25, -0.2) is 15.0 Å². The van der Waals surface area contributed by atoms with Crippen LogP contribution in [-0.2, 0) is 0 Å². The maximum absolute atomic E-state index is 6.06. The molecule has 2 N–H and O–H groups in total. The first kappa shape index (κ1) is 23.6. The van der Waals surface area contributed by atoms with Gasteiger partial charge in [-0.1, -0.05) is 12.1 Å². The number of benzene rings is 1. The Hall–Kier alpha value is -4.50. The maximum Gasteiger partial charge on any atom is 0.166 e. The van der Waals surface area contributed by atoms with Gasteiger partial charge in [-0.3, -0.25) is 14.5 Å². The predicted molar refractivity (Wildman–Crippen MR) is 152 cm³/mol. The molecule has 1 aromatic carbocycles. The van der Waals surface area contributed by atoms with Gasteiger partial charge in [-0.2, -0.15) is 0 Å². The van der Waals surface area contributed by atoms with Gasteiger partial charge in [0.1, 0.15) is 30.0 Å². The molecule has 0 saturated carbocycles. The summed E-state index contributed by atoms with van der Waals surface area (Å²) in [7, 11) is 0. The molecule has 9 nitrogen and oxygen atoms in total. The molecule has 0 aliphatic carbocycles. The van der Waals surface area contributed by atoms with Gasteiger partial charge in [-0.05, 0) is 62.7 Å². The van der Waals surface area contributed by atoms with Gasteiger partial charge in [0.15, 0.2) is 5.82 Å². The highest BCUT2D eigenvalue weighted by Crippen LogP contribution is 2.36. The number of rotatable bonds is 7. The highest BCUT2D eigenvalue weighted by Gasteiger charge is 2.20. The molecule has 2 aliphatic heterocycles. The summed E-state index contributed by atoms with van der Waals surface area (Å²) in [5, 5.41) is 3.49. The maximum atomic E-state index is 6.06. The third-order valence-electron chi connectivity index (χ3n) is 7.42. The molecule has 0 bridgehead atoms. The first-order chi connectivity index (χ1) is 19.2. The summed E-state index contributed by atoms with van der Waals surface area (Å²) in [5.74, 6) is 2.37. The minimum atomic E-state index is 0.674. The summed E-state index contributed by atoms with van der Waals surface area (Å²) >= 11 is 0. The van der Waals surface area contributed by atoms with Gasteiger partial charge in [0.2, 0.25) is 0 Å². The van der Waals surface area contributed by atoms with Crippen molar-refractivity contribution in [1.29, 1.82) is 0 Å². The second-order valence-corrected chi connectivity index (χ2v) is 10.1. The monoisotopic (exact) mass is 518 g/mol. The molecule has 7 rings (SSSR count). The van der Waals surface area contributed by atoms with Crippen molar-refractivity contribution in [2.75, 3.05) is 38.1 Å². The molecular formula is C30H30N8O. The molecule has 0 spiro atoms. The fourth-order valence-corrected chi connectivity index (χ4v) is 5.43. The molecule has 0 radical (unpaired) electrons. The summed E-state index contributed by atoms with van der Waals surface area (Å²) in [6.07, 6.45) is 14.0. The zero-order valence-electron chi connectivity index (χ0n) is 21.9. The quantitative estimate of drug-likeness (QED) is 0.318. The van der Waals surface area contributed by atoms with Crippen LogP contribution in [0.1, 0.15) is 29.9 Å². The number of pyridine rings is 2. The molecule has 196 valence electrons. The summed E-state index contributed by atoms with van der Waals surface area (Å²) in [6, 6.07) is 10.5. The number of hydrogen-bond donors (Lipinski definition) is 2. The third kappa shape index (κ3) is 4.66. The van der Waals surface area contributed by atoms with Crippen LogP contribution in [0.2, 0.25) is 0 Å². The van der Waals surface area contributed by atoms with Gasteiger partial charge < -0.3 is 15.0 Å².